The fourth-order valence-electron chi connectivity index (χ4n) is 4.40. The number of furan rings is 1. The van der Waals surface area contributed by atoms with Gasteiger partial charge in [0.15, 0.2) is 0 Å². The minimum Gasteiger partial charge on any atom is -0.481 e. The van der Waals surface area contributed by atoms with Gasteiger partial charge in [0, 0.05) is 31.0 Å². The molecule has 2 atom stereocenters. The molecule has 1 saturated carbocycles. The maximum absolute atomic E-state index is 12.2. The molecule has 1 amide bonds. The predicted octanol–water partition coefficient (Wildman–Crippen LogP) is 2.16. The Labute approximate surface area is 106 Å². The van der Waals surface area contributed by atoms with Crippen LogP contribution in [0, 0.1) is 5.92 Å². The summed E-state index contributed by atoms with van der Waals surface area (Å²) in [5.41, 5.74) is 0.926. The van der Waals surface area contributed by atoms with Gasteiger partial charge < -0.3 is 14.4 Å². The molecular weight excluding hydrogens is 230 g/mol. The van der Waals surface area contributed by atoms with E-state index in [0.29, 0.717) is 12.3 Å². The Bertz CT molecular complexity index is 521. The Hall–Kier alpha value is -1.45. The minimum atomic E-state index is -0.159. The normalized spacial score (nSPS) is 34.1. The summed E-state index contributed by atoms with van der Waals surface area (Å²) in [5, 5.41) is 9.63. The third-order valence-corrected chi connectivity index (χ3v) is 5.06. The summed E-state index contributed by atoms with van der Waals surface area (Å²) in [6.45, 7) is 0.745. The molecule has 4 heteroatoms. The summed E-state index contributed by atoms with van der Waals surface area (Å²) in [5.74, 6) is 1.59. The van der Waals surface area contributed by atoms with Crippen molar-refractivity contribution < 1.29 is 14.3 Å². The molecule has 3 heterocycles. The summed E-state index contributed by atoms with van der Waals surface area (Å²) in [6.07, 6.45) is 5.92. The topological polar surface area (TPSA) is 53.7 Å². The lowest BCUT2D eigenvalue weighted by atomic mass is 9.68. The molecule has 4 nitrogen and oxygen atoms in total. The van der Waals surface area contributed by atoms with Gasteiger partial charge in [-0.25, -0.2) is 0 Å². The molecule has 1 spiro atoms. The molecule has 1 aliphatic carbocycles. The zero-order valence-electron chi connectivity index (χ0n) is 10.3. The van der Waals surface area contributed by atoms with Crippen molar-refractivity contribution in [2.75, 3.05) is 6.54 Å². The van der Waals surface area contributed by atoms with Gasteiger partial charge in [0.1, 0.15) is 5.76 Å². The molecule has 18 heavy (non-hydrogen) atoms. The lowest BCUT2D eigenvalue weighted by Crippen LogP contribution is -2.51. The molecule has 1 saturated heterocycles. The van der Waals surface area contributed by atoms with Gasteiger partial charge in [-0.2, -0.15) is 0 Å². The van der Waals surface area contributed by atoms with Crippen molar-refractivity contribution in [1.82, 2.24) is 4.90 Å². The second-order valence-electron chi connectivity index (χ2n) is 5.79. The molecule has 1 N–H and O–H groups in total. The van der Waals surface area contributed by atoms with Gasteiger partial charge in [-0.1, -0.05) is 12.8 Å². The molecule has 2 fully saturated rings. The summed E-state index contributed by atoms with van der Waals surface area (Å²) < 4.78 is 5.41. The van der Waals surface area contributed by atoms with Crippen molar-refractivity contribution in [1.29, 1.82) is 0 Å². The van der Waals surface area contributed by atoms with Crippen molar-refractivity contribution in [3.05, 3.63) is 17.4 Å². The molecule has 4 rings (SSSR count). The number of rotatable bonds is 0. The van der Waals surface area contributed by atoms with Gasteiger partial charge >= 0.3 is 0 Å². The first-order chi connectivity index (χ1) is 8.72. The van der Waals surface area contributed by atoms with Crippen LogP contribution in [0.15, 0.2) is 10.5 Å². The average molecular weight is 247 g/mol. The molecule has 96 valence electrons. The fraction of sp³-hybridized carbons (Fsp3) is 0.643. The lowest BCUT2D eigenvalue weighted by Gasteiger charge is -2.47. The van der Waals surface area contributed by atoms with Crippen LogP contribution >= 0.6 is 0 Å². The van der Waals surface area contributed by atoms with E-state index in [1.807, 2.05) is 0 Å². The molecule has 3 aliphatic rings. The summed E-state index contributed by atoms with van der Waals surface area (Å²) in [4.78, 5) is 14.3. The van der Waals surface area contributed by atoms with Crippen LogP contribution in [0.25, 0.3) is 0 Å². The summed E-state index contributed by atoms with van der Waals surface area (Å²) >= 11 is 0. The van der Waals surface area contributed by atoms with Crippen LogP contribution in [-0.4, -0.2) is 22.5 Å². The highest BCUT2D eigenvalue weighted by atomic mass is 16.5. The van der Waals surface area contributed by atoms with E-state index >= 15 is 0 Å². The van der Waals surface area contributed by atoms with Crippen LogP contribution in [0.1, 0.15) is 43.4 Å². The summed E-state index contributed by atoms with van der Waals surface area (Å²) in [7, 11) is 0. The van der Waals surface area contributed by atoms with Crippen LogP contribution in [-0.2, 0) is 16.8 Å². The zero-order chi connectivity index (χ0) is 12.3. The monoisotopic (exact) mass is 247 g/mol. The van der Waals surface area contributed by atoms with Gasteiger partial charge in [-0.3, -0.25) is 4.79 Å². The number of fused-ring (bicyclic) bond motifs is 1. The molecule has 0 aromatic carbocycles. The highest BCUT2D eigenvalue weighted by Crippen LogP contribution is 2.55. The first kappa shape index (κ1) is 10.5. The van der Waals surface area contributed by atoms with Crippen molar-refractivity contribution in [2.24, 2.45) is 5.92 Å². The quantitative estimate of drug-likeness (QED) is 0.764. The minimum absolute atomic E-state index is 0.0000950. The van der Waals surface area contributed by atoms with E-state index in [1.54, 1.807) is 6.07 Å². The molecular formula is C14H17NO3. The number of amides is 1. The Balaban J connectivity index is 1.92. The van der Waals surface area contributed by atoms with Crippen LogP contribution in [0.5, 0.6) is 5.95 Å². The number of aromatic hydroxyl groups is 1. The Morgan fingerprint density at radius 2 is 2.33 bits per heavy atom. The third-order valence-electron chi connectivity index (χ3n) is 5.06. The van der Waals surface area contributed by atoms with Gasteiger partial charge in [-0.15, -0.1) is 0 Å². The smallest absolute Gasteiger partial charge is 0.282 e. The van der Waals surface area contributed by atoms with Crippen molar-refractivity contribution in [2.45, 2.75) is 44.1 Å². The molecule has 0 radical (unpaired) electrons. The van der Waals surface area contributed by atoms with Crippen molar-refractivity contribution in [3.63, 3.8) is 0 Å². The third kappa shape index (κ3) is 1.09. The van der Waals surface area contributed by atoms with Crippen LogP contribution in [0.2, 0.25) is 0 Å². The first-order valence-corrected chi connectivity index (χ1v) is 6.84. The number of hydrogen-bond acceptors (Lipinski definition) is 3. The highest BCUT2D eigenvalue weighted by Gasteiger charge is 2.57. The maximum Gasteiger partial charge on any atom is 0.282 e. The molecule has 1 aromatic heterocycles. The van der Waals surface area contributed by atoms with Crippen molar-refractivity contribution in [3.8, 4) is 5.95 Å². The molecule has 2 aliphatic heterocycles. The maximum atomic E-state index is 12.2. The highest BCUT2D eigenvalue weighted by molar-refractivity contribution is 5.81. The number of carbonyl (C=O) groups is 1. The van der Waals surface area contributed by atoms with Gasteiger partial charge in [0.2, 0.25) is 5.91 Å². The van der Waals surface area contributed by atoms with Gasteiger partial charge in [0.25, 0.3) is 5.95 Å². The van der Waals surface area contributed by atoms with Crippen LogP contribution in [0.3, 0.4) is 0 Å². The second-order valence-corrected chi connectivity index (χ2v) is 5.79. The Kier molecular flexibility index (Phi) is 1.92. The lowest BCUT2D eigenvalue weighted by molar-refractivity contribution is -0.132. The predicted molar refractivity (Wildman–Crippen MR) is 64.0 cm³/mol. The first-order valence-electron chi connectivity index (χ1n) is 6.84. The Morgan fingerprint density at radius 3 is 3.22 bits per heavy atom. The second kappa shape index (κ2) is 3.31. The molecule has 0 bridgehead atoms. The average Bonchev–Trinajstić information content (AvgIpc) is 2.86. The van der Waals surface area contributed by atoms with E-state index in [2.05, 4.69) is 4.90 Å². The van der Waals surface area contributed by atoms with Crippen LogP contribution in [0.4, 0.5) is 0 Å². The SMILES string of the molecule is O=C1C[C@@H]2CCCC[C@@]23c2cc(O)oc2CCN13. The van der Waals surface area contributed by atoms with Gasteiger partial charge in [-0.05, 0) is 18.8 Å². The van der Waals surface area contributed by atoms with E-state index < -0.39 is 0 Å². The number of carbonyl (C=O) groups excluding carboxylic acids is 1. The van der Waals surface area contributed by atoms with Gasteiger partial charge in [0.05, 0.1) is 5.54 Å². The number of hydrogen-bond donors (Lipinski definition) is 1. The van der Waals surface area contributed by atoms with E-state index in [0.717, 1.165) is 43.6 Å². The number of nitrogens with zero attached hydrogens (tertiary/aromatic N) is 1. The summed E-state index contributed by atoms with van der Waals surface area (Å²) in [6, 6.07) is 1.75. The largest absolute Gasteiger partial charge is 0.481 e. The van der Waals surface area contributed by atoms with E-state index in [4.69, 9.17) is 4.42 Å². The fourth-order valence-corrected chi connectivity index (χ4v) is 4.40. The molecule has 1 aromatic rings. The van der Waals surface area contributed by atoms with Crippen LogP contribution < -0.4 is 0 Å². The Morgan fingerprint density at radius 1 is 1.44 bits per heavy atom. The van der Waals surface area contributed by atoms with E-state index in [1.165, 1.54) is 6.42 Å². The van der Waals surface area contributed by atoms with Crippen molar-refractivity contribution >= 4 is 5.91 Å². The van der Waals surface area contributed by atoms with E-state index in [9.17, 15) is 9.90 Å². The molecule has 0 unspecified atom stereocenters. The van der Waals surface area contributed by atoms with E-state index in [-0.39, 0.29) is 17.4 Å². The standard InChI is InChI=1S/C14H17NO3/c16-12-7-9-3-1-2-5-14(9)10-8-13(17)18-11(10)4-6-15(12)14/h8-9,17H,1-7H2/t9-,14-/m0/s1. The zero-order valence-corrected chi connectivity index (χ0v) is 10.3.